The Bertz CT molecular complexity index is 1060. The molecule has 1 unspecified atom stereocenters. The van der Waals surface area contributed by atoms with Crippen molar-refractivity contribution in [2.45, 2.75) is 13.0 Å². The van der Waals surface area contributed by atoms with Gasteiger partial charge in [0.1, 0.15) is 5.76 Å². The summed E-state index contributed by atoms with van der Waals surface area (Å²) in [4.78, 5) is 35.2. The van der Waals surface area contributed by atoms with E-state index < -0.39 is 17.7 Å². The number of benzene rings is 2. The molecule has 0 saturated carbocycles. The molecule has 6 nitrogen and oxygen atoms in total. The molecule has 6 heteroatoms. The summed E-state index contributed by atoms with van der Waals surface area (Å²) >= 11 is 0. The minimum Gasteiger partial charge on any atom is -0.507 e. The van der Waals surface area contributed by atoms with Gasteiger partial charge in [-0.05, 0) is 18.6 Å². The van der Waals surface area contributed by atoms with Crippen LogP contribution in [0.1, 0.15) is 22.7 Å². The molecule has 2 heterocycles. The second kappa shape index (κ2) is 7.08. The smallest absolute Gasteiger partial charge is 0.302 e. The van der Waals surface area contributed by atoms with Crippen molar-refractivity contribution >= 4 is 23.4 Å². The molecule has 138 valence electrons. The Hall–Kier alpha value is -3.80. The average Bonchev–Trinajstić information content (AvgIpc) is 3.00. The molecule has 0 bridgehead atoms. The van der Waals surface area contributed by atoms with Gasteiger partial charge in [-0.15, -0.1) is 0 Å². The second-order valence-corrected chi connectivity index (χ2v) is 6.49. The second-order valence-electron chi connectivity index (χ2n) is 6.49. The SMILES string of the molecule is Cc1ccc(/C(O)=C2\C(=O)C(=O)N(c3ncccn3)C2c2ccccc2)cc1. The number of carbonyl (C=O) groups is 2. The van der Waals surface area contributed by atoms with Gasteiger partial charge in [0.05, 0.1) is 11.6 Å². The molecule has 3 aromatic rings. The van der Waals surface area contributed by atoms with Crippen LogP contribution in [0, 0.1) is 6.92 Å². The van der Waals surface area contributed by atoms with Gasteiger partial charge in [0.2, 0.25) is 5.95 Å². The third kappa shape index (κ3) is 2.95. The molecule has 0 radical (unpaired) electrons. The fourth-order valence-electron chi connectivity index (χ4n) is 3.27. The number of rotatable bonds is 3. The number of ketones is 1. The lowest BCUT2D eigenvalue weighted by Gasteiger charge is -2.23. The Morgan fingerprint density at radius 2 is 1.57 bits per heavy atom. The van der Waals surface area contributed by atoms with Crippen LogP contribution < -0.4 is 4.90 Å². The molecular formula is C22H17N3O3. The van der Waals surface area contributed by atoms with Gasteiger partial charge in [0.15, 0.2) is 0 Å². The molecule has 1 aliphatic heterocycles. The zero-order chi connectivity index (χ0) is 19.7. The van der Waals surface area contributed by atoms with Crippen LogP contribution in [0.2, 0.25) is 0 Å². The molecule has 1 aliphatic rings. The zero-order valence-electron chi connectivity index (χ0n) is 15.1. The fraction of sp³-hybridized carbons (Fsp3) is 0.0909. The van der Waals surface area contributed by atoms with Crippen molar-refractivity contribution in [3.8, 4) is 0 Å². The highest BCUT2D eigenvalue weighted by Crippen LogP contribution is 2.40. The quantitative estimate of drug-likeness (QED) is 0.433. The maximum atomic E-state index is 12.9. The highest BCUT2D eigenvalue weighted by Gasteiger charge is 2.48. The number of hydrogen-bond donors (Lipinski definition) is 1. The Labute approximate surface area is 161 Å². The summed E-state index contributed by atoms with van der Waals surface area (Å²) in [6.45, 7) is 1.93. The highest BCUT2D eigenvalue weighted by molar-refractivity contribution is 6.51. The third-order valence-electron chi connectivity index (χ3n) is 4.65. The molecule has 4 rings (SSSR count). The van der Waals surface area contributed by atoms with Crippen LogP contribution in [0.15, 0.2) is 78.6 Å². The number of aromatic nitrogens is 2. The lowest BCUT2D eigenvalue weighted by atomic mass is 9.95. The van der Waals surface area contributed by atoms with Crippen LogP contribution in [0.5, 0.6) is 0 Å². The van der Waals surface area contributed by atoms with Crippen LogP contribution in [0.3, 0.4) is 0 Å². The van der Waals surface area contributed by atoms with Crippen molar-refractivity contribution < 1.29 is 14.7 Å². The van der Waals surface area contributed by atoms with Crippen LogP contribution in [-0.4, -0.2) is 26.8 Å². The largest absolute Gasteiger partial charge is 0.507 e. The summed E-state index contributed by atoms with van der Waals surface area (Å²) in [5, 5.41) is 10.9. The molecule has 1 saturated heterocycles. The number of anilines is 1. The summed E-state index contributed by atoms with van der Waals surface area (Å²) in [6.07, 6.45) is 3.01. The third-order valence-corrected chi connectivity index (χ3v) is 4.65. The Morgan fingerprint density at radius 1 is 0.929 bits per heavy atom. The predicted octanol–water partition coefficient (Wildman–Crippen LogP) is 3.41. The average molecular weight is 371 g/mol. The summed E-state index contributed by atoms with van der Waals surface area (Å²) in [7, 11) is 0. The number of aryl methyl sites for hydroxylation is 1. The van der Waals surface area contributed by atoms with Crippen LogP contribution in [-0.2, 0) is 9.59 Å². The predicted molar refractivity (Wildman–Crippen MR) is 104 cm³/mol. The molecule has 1 N–H and O–H groups in total. The summed E-state index contributed by atoms with van der Waals surface area (Å²) in [6, 6.07) is 17.0. The Morgan fingerprint density at radius 3 is 2.21 bits per heavy atom. The number of aliphatic hydroxyl groups is 1. The van der Waals surface area contributed by atoms with Gasteiger partial charge in [0, 0.05) is 18.0 Å². The number of carbonyl (C=O) groups excluding carboxylic acids is 2. The van der Waals surface area contributed by atoms with E-state index in [0.717, 1.165) is 5.56 Å². The van der Waals surface area contributed by atoms with Crippen LogP contribution >= 0.6 is 0 Å². The standard InChI is InChI=1S/C22H17N3O3/c1-14-8-10-16(11-9-14)19(26)17-18(15-6-3-2-4-7-15)25(21(28)20(17)27)22-23-12-5-13-24-22/h2-13,18,26H,1H3/b19-17+. The van der Waals surface area contributed by atoms with Crippen molar-refractivity contribution in [2.75, 3.05) is 4.90 Å². The summed E-state index contributed by atoms with van der Waals surface area (Å²) < 4.78 is 0. The number of aliphatic hydroxyl groups excluding tert-OH is 1. The Kier molecular flexibility index (Phi) is 4.45. The molecule has 0 spiro atoms. The molecule has 0 aliphatic carbocycles. The van der Waals surface area contributed by atoms with Crippen LogP contribution in [0.4, 0.5) is 5.95 Å². The lowest BCUT2D eigenvalue weighted by molar-refractivity contribution is -0.132. The number of nitrogens with zero attached hydrogens (tertiary/aromatic N) is 3. The lowest BCUT2D eigenvalue weighted by Crippen LogP contribution is -2.31. The first kappa shape index (κ1) is 17.6. The molecule has 1 atom stereocenters. The van der Waals surface area contributed by atoms with E-state index >= 15 is 0 Å². The maximum absolute atomic E-state index is 12.9. The van der Waals surface area contributed by atoms with E-state index in [9.17, 15) is 14.7 Å². The molecule has 1 fully saturated rings. The minimum absolute atomic E-state index is 0.0208. The number of hydrogen-bond acceptors (Lipinski definition) is 5. The van der Waals surface area contributed by atoms with E-state index in [1.807, 2.05) is 37.3 Å². The van der Waals surface area contributed by atoms with Crippen molar-refractivity contribution in [1.29, 1.82) is 0 Å². The van der Waals surface area contributed by atoms with Gasteiger partial charge in [0.25, 0.3) is 5.78 Å². The van der Waals surface area contributed by atoms with E-state index in [1.165, 1.54) is 17.3 Å². The molecule has 1 amide bonds. The summed E-state index contributed by atoms with van der Waals surface area (Å²) in [5.41, 5.74) is 2.20. The van der Waals surface area contributed by atoms with E-state index in [-0.39, 0.29) is 17.3 Å². The number of amides is 1. The van der Waals surface area contributed by atoms with Crippen molar-refractivity contribution in [2.24, 2.45) is 0 Å². The van der Waals surface area contributed by atoms with Crippen molar-refractivity contribution in [3.05, 3.63) is 95.3 Å². The number of Topliss-reactive ketones (excluding diaryl/α,β-unsaturated/α-hetero) is 1. The van der Waals surface area contributed by atoms with E-state index in [0.29, 0.717) is 11.1 Å². The monoisotopic (exact) mass is 371 g/mol. The highest BCUT2D eigenvalue weighted by atomic mass is 16.3. The fourth-order valence-corrected chi connectivity index (χ4v) is 3.27. The molecular weight excluding hydrogens is 354 g/mol. The first-order valence-electron chi connectivity index (χ1n) is 8.78. The minimum atomic E-state index is -0.815. The van der Waals surface area contributed by atoms with Gasteiger partial charge in [-0.2, -0.15) is 0 Å². The first-order valence-corrected chi connectivity index (χ1v) is 8.78. The van der Waals surface area contributed by atoms with Gasteiger partial charge in [-0.25, -0.2) is 9.97 Å². The van der Waals surface area contributed by atoms with Crippen molar-refractivity contribution in [3.63, 3.8) is 0 Å². The van der Waals surface area contributed by atoms with E-state index in [4.69, 9.17) is 0 Å². The van der Waals surface area contributed by atoms with E-state index in [2.05, 4.69) is 9.97 Å². The molecule has 2 aromatic carbocycles. The van der Waals surface area contributed by atoms with Crippen LogP contribution in [0.25, 0.3) is 5.76 Å². The zero-order valence-corrected chi connectivity index (χ0v) is 15.1. The van der Waals surface area contributed by atoms with Gasteiger partial charge < -0.3 is 5.11 Å². The molecule has 1 aromatic heterocycles. The van der Waals surface area contributed by atoms with Gasteiger partial charge in [-0.3, -0.25) is 14.5 Å². The summed E-state index contributed by atoms with van der Waals surface area (Å²) in [5.74, 6) is -1.64. The van der Waals surface area contributed by atoms with Gasteiger partial charge >= 0.3 is 5.91 Å². The van der Waals surface area contributed by atoms with Gasteiger partial charge in [-0.1, -0.05) is 60.2 Å². The van der Waals surface area contributed by atoms with Crippen molar-refractivity contribution in [1.82, 2.24) is 9.97 Å². The van der Waals surface area contributed by atoms with E-state index in [1.54, 1.807) is 30.3 Å². The first-order chi connectivity index (χ1) is 13.6. The topological polar surface area (TPSA) is 83.4 Å². The Balaban J connectivity index is 1.94. The normalized spacial score (nSPS) is 18.5. The molecule has 28 heavy (non-hydrogen) atoms. The maximum Gasteiger partial charge on any atom is 0.302 e.